The first-order chi connectivity index (χ1) is 10.6. The molecule has 2 amide bonds. The first-order valence-electron chi connectivity index (χ1n) is 7.97. The molecule has 5 heteroatoms. The van der Waals surface area contributed by atoms with Gasteiger partial charge in [-0.1, -0.05) is 49.6 Å². The third-order valence-electron chi connectivity index (χ3n) is 4.40. The Kier molecular flexibility index (Phi) is 5.95. The second-order valence-electron chi connectivity index (χ2n) is 6.08. The molecule has 0 spiro atoms. The molecule has 0 heterocycles. The van der Waals surface area contributed by atoms with Crippen molar-refractivity contribution in [1.29, 1.82) is 0 Å². The van der Waals surface area contributed by atoms with Gasteiger partial charge in [-0.2, -0.15) is 0 Å². The van der Waals surface area contributed by atoms with Crippen LogP contribution in [0.15, 0.2) is 30.3 Å². The Morgan fingerprint density at radius 2 is 1.77 bits per heavy atom. The van der Waals surface area contributed by atoms with Crippen LogP contribution in [0.25, 0.3) is 0 Å². The monoisotopic (exact) mass is 303 g/mol. The molecule has 1 aromatic carbocycles. The summed E-state index contributed by atoms with van der Waals surface area (Å²) in [4.78, 5) is 23.9. The lowest BCUT2D eigenvalue weighted by Crippen LogP contribution is -2.53. The summed E-state index contributed by atoms with van der Waals surface area (Å²) in [6, 6.07) is 8.22. The third-order valence-corrected chi connectivity index (χ3v) is 4.40. The van der Waals surface area contributed by atoms with Crippen LogP contribution in [0.2, 0.25) is 0 Å². The van der Waals surface area contributed by atoms with E-state index in [2.05, 4.69) is 5.32 Å². The Balaban J connectivity index is 1.95. The van der Waals surface area contributed by atoms with E-state index in [1.165, 1.54) is 6.42 Å². The summed E-state index contributed by atoms with van der Waals surface area (Å²) in [5, 5.41) is 2.72. The average molecular weight is 303 g/mol. The van der Waals surface area contributed by atoms with Gasteiger partial charge in [0.2, 0.25) is 11.8 Å². The fourth-order valence-corrected chi connectivity index (χ4v) is 3.05. The second kappa shape index (κ2) is 7.94. The maximum absolute atomic E-state index is 12.3. The minimum Gasteiger partial charge on any atom is -0.368 e. The molecule has 22 heavy (non-hydrogen) atoms. The van der Waals surface area contributed by atoms with E-state index in [1.54, 1.807) is 0 Å². The number of nitrogens with two attached hydrogens (primary N) is 2. The zero-order valence-electron chi connectivity index (χ0n) is 12.8. The number of amides is 2. The molecule has 1 fully saturated rings. The maximum Gasteiger partial charge on any atom is 0.240 e. The molecular weight excluding hydrogens is 278 g/mol. The summed E-state index contributed by atoms with van der Waals surface area (Å²) in [6.07, 6.45) is 5.80. The quantitative estimate of drug-likeness (QED) is 0.734. The van der Waals surface area contributed by atoms with E-state index in [0.29, 0.717) is 6.42 Å². The Labute approximate surface area is 131 Å². The predicted octanol–water partition coefficient (Wildman–Crippen LogP) is 1.11. The summed E-state index contributed by atoms with van der Waals surface area (Å²) in [5.74, 6) is -0.598. The highest BCUT2D eigenvalue weighted by Crippen LogP contribution is 2.25. The number of rotatable bonds is 6. The van der Waals surface area contributed by atoms with Gasteiger partial charge < -0.3 is 16.8 Å². The minimum absolute atomic E-state index is 0.207. The number of hydrogen-bond donors (Lipinski definition) is 3. The van der Waals surface area contributed by atoms with Crippen molar-refractivity contribution in [2.45, 2.75) is 50.6 Å². The summed E-state index contributed by atoms with van der Waals surface area (Å²) < 4.78 is 0. The standard InChI is InChI=1S/C17H25N3O2/c18-15(13-9-5-2-6-10-13)17(22)20-14(16(19)21)11-12-7-3-1-4-8-12/h1,3-4,7-8,13-15H,2,5-6,9-11,18H2,(H2,19,21)(H,20,22)/t14-,15-/m0/s1. The van der Waals surface area contributed by atoms with Crippen molar-refractivity contribution < 1.29 is 9.59 Å². The van der Waals surface area contributed by atoms with Crippen LogP contribution >= 0.6 is 0 Å². The van der Waals surface area contributed by atoms with Crippen molar-refractivity contribution in [1.82, 2.24) is 5.32 Å². The van der Waals surface area contributed by atoms with Crippen molar-refractivity contribution >= 4 is 11.8 Å². The molecule has 1 aromatic rings. The molecule has 5 N–H and O–H groups in total. The summed E-state index contributed by atoms with van der Waals surface area (Å²) in [6.45, 7) is 0. The van der Waals surface area contributed by atoms with Gasteiger partial charge >= 0.3 is 0 Å². The van der Waals surface area contributed by atoms with Crippen LogP contribution in [-0.4, -0.2) is 23.9 Å². The van der Waals surface area contributed by atoms with Gasteiger partial charge in [0.1, 0.15) is 6.04 Å². The lowest BCUT2D eigenvalue weighted by molar-refractivity contribution is -0.129. The average Bonchev–Trinajstić information content (AvgIpc) is 2.55. The number of benzene rings is 1. The normalized spacial score (nSPS) is 18.4. The van der Waals surface area contributed by atoms with Gasteiger partial charge in [0.15, 0.2) is 0 Å². The molecule has 0 aromatic heterocycles. The molecule has 2 rings (SSSR count). The highest BCUT2D eigenvalue weighted by atomic mass is 16.2. The fourth-order valence-electron chi connectivity index (χ4n) is 3.05. The van der Waals surface area contributed by atoms with Gasteiger partial charge in [0, 0.05) is 6.42 Å². The molecular formula is C17H25N3O2. The lowest BCUT2D eigenvalue weighted by atomic mass is 9.84. The molecule has 5 nitrogen and oxygen atoms in total. The topological polar surface area (TPSA) is 98.2 Å². The van der Waals surface area contributed by atoms with Gasteiger partial charge in [0.25, 0.3) is 0 Å². The Morgan fingerprint density at radius 3 is 2.36 bits per heavy atom. The van der Waals surface area contributed by atoms with E-state index < -0.39 is 18.0 Å². The Bertz CT molecular complexity index is 498. The SMILES string of the molecule is NC(=O)[C@H](Cc1ccccc1)NC(=O)[C@@H](N)C1CCCCC1. The van der Waals surface area contributed by atoms with Crippen LogP contribution in [-0.2, 0) is 16.0 Å². The number of primary amides is 1. The molecule has 0 radical (unpaired) electrons. The molecule has 0 bridgehead atoms. The van der Waals surface area contributed by atoms with Gasteiger partial charge in [-0.05, 0) is 24.3 Å². The first-order valence-corrected chi connectivity index (χ1v) is 7.97. The zero-order valence-corrected chi connectivity index (χ0v) is 12.8. The molecule has 0 saturated heterocycles. The number of hydrogen-bond acceptors (Lipinski definition) is 3. The number of nitrogens with one attached hydrogen (secondary N) is 1. The van der Waals surface area contributed by atoms with E-state index in [0.717, 1.165) is 31.2 Å². The third kappa shape index (κ3) is 4.56. The van der Waals surface area contributed by atoms with Crippen molar-refractivity contribution in [2.24, 2.45) is 17.4 Å². The van der Waals surface area contributed by atoms with Crippen molar-refractivity contribution in [3.8, 4) is 0 Å². The van der Waals surface area contributed by atoms with E-state index in [-0.39, 0.29) is 11.8 Å². The zero-order chi connectivity index (χ0) is 15.9. The Morgan fingerprint density at radius 1 is 1.14 bits per heavy atom. The number of carbonyl (C=O) groups is 2. The highest BCUT2D eigenvalue weighted by molar-refractivity contribution is 5.89. The van der Waals surface area contributed by atoms with E-state index in [4.69, 9.17) is 11.5 Å². The van der Waals surface area contributed by atoms with E-state index in [1.807, 2.05) is 30.3 Å². The van der Waals surface area contributed by atoms with Crippen LogP contribution in [0.3, 0.4) is 0 Å². The predicted molar refractivity (Wildman–Crippen MR) is 85.8 cm³/mol. The van der Waals surface area contributed by atoms with Crippen molar-refractivity contribution in [3.05, 3.63) is 35.9 Å². The Hall–Kier alpha value is -1.88. The van der Waals surface area contributed by atoms with Crippen molar-refractivity contribution in [3.63, 3.8) is 0 Å². The molecule has 0 aliphatic heterocycles. The highest BCUT2D eigenvalue weighted by Gasteiger charge is 2.28. The van der Waals surface area contributed by atoms with Crippen LogP contribution in [0.4, 0.5) is 0 Å². The van der Waals surface area contributed by atoms with Crippen molar-refractivity contribution in [2.75, 3.05) is 0 Å². The van der Waals surface area contributed by atoms with Gasteiger partial charge in [0.05, 0.1) is 6.04 Å². The fraction of sp³-hybridized carbons (Fsp3) is 0.529. The maximum atomic E-state index is 12.3. The molecule has 1 aliphatic rings. The van der Waals surface area contributed by atoms with Crippen LogP contribution in [0.1, 0.15) is 37.7 Å². The lowest BCUT2D eigenvalue weighted by Gasteiger charge is -2.27. The van der Waals surface area contributed by atoms with Gasteiger partial charge in [-0.15, -0.1) is 0 Å². The molecule has 1 saturated carbocycles. The summed E-state index contributed by atoms with van der Waals surface area (Å²) in [7, 11) is 0. The van der Waals surface area contributed by atoms with Gasteiger partial charge in [-0.25, -0.2) is 0 Å². The largest absolute Gasteiger partial charge is 0.368 e. The van der Waals surface area contributed by atoms with Crippen LogP contribution in [0.5, 0.6) is 0 Å². The van der Waals surface area contributed by atoms with Crippen LogP contribution < -0.4 is 16.8 Å². The molecule has 0 unspecified atom stereocenters. The molecule has 120 valence electrons. The summed E-state index contributed by atoms with van der Waals surface area (Å²) >= 11 is 0. The van der Waals surface area contributed by atoms with Gasteiger partial charge in [-0.3, -0.25) is 9.59 Å². The second-order valence-corrected chi connectivity index (χ2v) is 6.08. The number of carbonyl (C=O) groups excluding carboxylic acids is 2. The smallest absolute Gasteiger partial charge is 0.240 e. The molecule has 1 aliphatic carbocycles. The van der Waals surface area contributed by atoms with Crippen LogP contribution in [0, 0.1) is 5.92 Å². The van der Waals surface area contributed by atoms with E-state index in [9.17, 15) is 9.59 Å². The van der Waals surface area contributed by atoms with E-state index >= 15 is 0 Å². The first kappa shape index (κ1) is 16.5. The summed E-state index contributed by atoms with van der Waals surface area (Å²) in [5.41, 5.74) is 12.4. The molecule has 2 atom stereocenters. The minimum atomic E-state index is -0.718.